The molecule has 2 aromatic rings. The van der Waals surface area contributed by atoms with Crippen molar-refractivity contribution in [2.45, 2.75) is 6.54 Å². The van der Waals surface area contributed by atoms with E-state index in [-0.39, 0.29) is 10.7 Å². The smallest absolute Gasteiger partial charge is 0.288 e. The van der Waals surface area contributed by atoms with Crippen LogP contribution in [0.5, 0.6) is 0 Å². The van der Waals surface area contributed by atoms with Gasteiger partial charge in [0.25, 0.3) is 5.69 Å². The van der Waals surface area contributed by atoms with E-state index in [2.05, 4.69) is 5.32 Å². The van der Waals surface area contributed by atoms with E-state index < -0.39 is 4.92 Å². The first kappa shape index (κ1) is 13.6. The number of nitro groups is 1. The second-order valence-corrected chi connectivity index (χ2v) is 4.75. The summed E-state index contributed by atoms with van der Waals surface area (Å²) in [4.78, 5) is 10.1. The maximum Gasteiger partial charge on any atom is 0.288 e. The standard InChI is InChI=1S/C13H10Cl2N2O2/c14-10-3-1-9(2-4-10)8-16-11-5-6-13(17(18)19)12(15)7-11/h1-7,16H,8H2. The minimum atomic E-state index is -0.509. The van der Waals surface area contributed by atoms with Gasteiger partial charge in [0.1, 0.15) is 5.02 Å². The molecule has 4 nitrogen and oxygen atoms in total. The lowest BCUT2D eigenvalue weighted by Crippen LogP contribution is -1.99. The summed E-state index contributed by atoms with van der Waals surface area (Å²) in [6.45, 7) is 0.589. The van der Waals surface area contributed by atoms with Crippen molar-refractivity contribution in [1.29, 1.82) is 0 Å². The predicted molar refractivity (Wildman–Crippen MR) is 76.9 cm³/mol. The molecule has 0 saturated carbocycles. The summed E-state index contributed by atoms with van der Waals surface area (Å²) in [5.41, 5.74) is 1.68. The molecular weight excluding hydrogens is 287 g/mol. The lowest BCUT2D eigenvalue weighted by molar-refractivity contribution is -0.384. The van der Waals surface area contributed by atoms with Crippen LogP contribution in [-0.2, 0) is 6.54 Å². The molecule has 0 heterocycles. The Bertz CT molecular complexity index is 600. The highest BCUT2D eigenvalue weighted by molar-refractivity contribution is 6.33. The molecule has 0 unspecified atom stereocenters. The van der Waals surface area contributed by atoms with Crippen molar-refractivity contribution in [3.8, 4) is 0 Å². The molecule has 0 atom stereocenters. The maximum atomic E-state index is 10.6. The van der Waals surface area contributed by atoms with Gasteiger partial charge in [0, 0.05) is 23.3 Å². The minimum absolute atomic E-state index is 0.0984. The van der Waals surface area contributed by atoms with Crippen molar-refractivity contribution in [3.63, 3.8) is 0 Å². The Morgan fingerprint density at radius 1 is 1.11 bits per heavy atom. The molecule has 1 N–H and O–H groups in total. The third-order valence-electron chi connectivity index (χ3n) is 2.55. The fourth-order valence-corrected chi connectivity index (χ4v) is 1.95. The Kier molecular flexibility index (Phi) is 4.24. The molecule has 0 fully saturated rings. The van der Waals surface area contributed by atoms with Gasteiger partial charge in [0.05, 0.1) is 4.92 Å². The Labute approximate surface area is 120 Å². The molecule has 6 heteroatoms. The fourth-order valence-electron chi connectivity index (χ4n) is 1.57. The first-order valence-corrected chi connectivity index (χ1v) is 6.24. The van der Waals surface area contributed by atoms with Gasteiger partial charge in [-0.2, -0.15) is 0 Å². The summed E-state index contributed by atoms with van der Waals surface area (Å²) in [5.74, 6) is 0. The van der Waals surface area contributed by atoms with Crippen LogP contribution in [0.25, 0.3) is 0 Å². The number of benzene rings is 2. The van der Waals surface area contributed by atoms with Gasteiger partial charge >= 0.3 is 0 Å². The van der Waals surface area contributed by atoms with Crippen LogP contribution in [0.3, 0.4) is 0 Å². The molecule has 2 rings (SSSR count). The van der Waals surface area contributed by atoms with Gasteiger partial charge < -0.3 is 5.32 Å². The van der Waals surface area contributed by atoms with Crippen molar-refractivity contribution < 1.29 is 4.92 Å². The van der Waals surface area contributed by atoms with Crippen LogP contribution in [0, 0.1) is 10.1 Å². The molecule has 0 radical (unpaired) electrons. The number of anilines is 1. The van der Waals surface area contributed by atoms with Gasteiger partial charge in [-0.05, 0) is 29.8 Å². The monoisotopic (exact) mass is 296 g/mol. The number of hydrogen-bond acceptors (Lipinski definition) is 3. The van der Waals surface area contributed by atoms with Gasteiger partial charge in [-0.3, -0.25) is 10.1 Å². The molecule has 0 aliphatic heterocycles. The van der Waals surface area contributed by atoms with Crippen molar-refractivity contribution >= 4 is 34.6 Å². The Morgan fingerprint density at radius 2 is 1.79 bits per heavy atom. The van der Waals surface area contributed by atoms with E-state index >= 15 is 0 Å². The van der Waals surface area contributed by atoms with Crippen LogP contribution < -0.4 is 5.32 Å². The van der Waals surface area contributed by atoms with Gasteiger partial charge in [-0.1, -0.05) is 35.3 Å². The molecule has 0 amide bonds. The van der Waals surface area contributed by atoms with E-state index in [9.17, 15) is 10.1 Å². The summed E-state index contributed by atoms with van der Waals surface area (Å²) >= 11 is 11.6. The average molecular weight is 297 g/mol. The first-order chi connectivity index (χ1) is 9.06. The second-order valence-electron chi connectivity index (χ2n) is 3.90. The zero-order valence-corrected chi connectivity index (χ0v) is 11.3. The number of nitro benzene ring substituents is 1. The van der Waals surface area contributed by atoms with Crippen molar-refractivity contribution in [1.82, 2.24) is 0 Å². The van der Waals surface area contributed by atoms with Crippen LogP contribution >= 0.6 is 23.2 Å². The van der Waals surface area contributed by atoms with E-state index in [4.69, 9.17) is 23.2 Å². The molecule has 0 spiro atoms. The molecular formula is C13H10Cl2N2O2. The number of nitrogens with one attached hydrogen (secondary N) is 1. The first-order valence-electron chi connectivity index (χ1n) is 5.48. The average Bonchev–Trinajstić information content (AvgIpc) is 2.37. The highest BCUT2D eigenvalue weighted by Gasteiger charge is 2.11. The molecule has 0 saturated heterocycles. The molecule has 0 aromatic heterocycles. The topological polar surface area (TPSA) is 55.2 Å². The number of rotatable bonds is 4. The molecule has 19 heavy (non-hydrogen) atoms. The van der Waals surface area contributed by atoms with Crippen LogP contribution in [0.2, 0.25) is 10.0 Å². The van der Waals surface area contributed by atoms with E-state index in [1.165, 1.54) is 12.1 Å². The summed E-state index contributed by atoms with van der Waals surface area (Å²) in [6, 6.07) is 12.0. The number of halogens is 2. The van der Waals surface area contributed by atoms with E-state index in [1.54, 1.807) is 18.2 Å². The van der Waals surface area contributed by atoms with Crippen molar-refractivity contribution in [3.05, 3.63) is 68.2 Å². The highest BCUT2D eigenvalue weighted by Crippen LogP contribution is 2.27. The fraction of sp³-hybridized carbons (Fsp3) is 0.0769. The molecule has 0 aliphatic rings. The number of hydrogen-bond donors (Lipinski definition) is 1. The van der Waals surface area contributed by atoms with Gasteiger partial charge in [0.15, 0.2) is 0 Å². The van der Waals surface area contributed by atoms with Crippen molar-refractivity contribution in [2.75, 3.05) is 5.32 Å². The van der Waals surface area contributed by atoms with E-state index in [1.807, 2.05) is 12.1 Å². The lowest BCUT2D eigenvalue weighted by Gasteiger charge is -2.07. The quantitative estimate of drug-likeness (QED) is 0.667. The SMILES string of the molecule is O=[N+]([O-])c1ccc(NCc2ccc(Cl)cc2)cc1Cl. The zero-order valence-electron chi connectivity index (χ0n) is 9.77. The van der Waals surface area contributed by atoms with Gasteiger partial charge in [0.2, 0.25) is 0 Å². The molecule has 0 bridgehead atoms. The maximum absolute atomic E-state index is 10.6. The van der Waals surface area contributed by atoms with E-state index in [0.717, 1.165) is 11.3 Å². The largest absolute Gasteiger partial charge is 0.381 e. The summed E-state index contributed by atoms with van der Waals surface area (Å²) < 4.78 is 0. The predicted octanol–water partition coefficient (Wildman–Crippen LogP) is 4.51. The Hall–Kier alpha value is -1.78. The Morgan fingerprint density at radius 3 is 2.37 bits per heavy atom. The summed E-state index contributed by atoms with van der Waals surface area (Å²) in [6.07, 6.45) is 0. The number of nitrogens with zero attached hydrogens (tertiary/aromatic N) is 1. The zero-order chi connectivity index (χ0) is 13.8. The third-order valence-corrected chi connectivity index (χ3v) is 3.11. The van der Waals surface area contributed by atoms with Crippen LogP contribution in [-0.4, -0.2) is 4.92 Å². The lowest BCUT2D eigenvalue weighted by atomic mass is 10.2. The van der Waals surface area contributed by atoms with Crippen molar-refractivity contribution in [2.24, 2.45) is 0 Å². The second kappa shape index (κ2) is 5.91. The van der Waals surface area contributed by atoms with E-state index in [0.29, 0.717) is 11.6 Å². The summed E-state index contributed by atoms with van der Waals surface area (Å²) in [5, 5.41) is 14.6. The van der Waals surface area contributed by atoms with Crippen LogP contribution in [0.1, 0.15) is 5.56 Å². The van der Waals surface area contributed by atoms with Gasteiger partial charge in [-0.15, -0.1) is 0 Å². The Balaban J connectivity index is 2.06. The highest BCUT2D eigenvalue weighted by atomic mass is 35.5. The van der Waals surface area contributed by atoms with Crippen LogP contribution in [0.15, 0.2) is 42.5 Å². The van der Waals surface area contributed by atoms with Crippen LogP contribution in [0.4, 0.5) is 11.4 Å². The molecule has 0 aliphatic carbocycles. The normalized spacial score (nSPS) is 10.2. The third kappa shape index (κ3) is 3.59. The minimum Gasteiger partial charge on any atom is -0.381 e. The van der Waals surface area contributed by atoms with Gasteiger partial charge in [-0.25, -0.2) is 0 Å². The molecule has 2 aromatic carbocycles. The summed E-state index contributed by atoms with van der Waals surface area (Å²) in [7, 11) is 0. The molecule has 98 valence electrons.